The Morgan fingerprint density at radius 3 is 2.17 bits per heavy atom. The van der Waals surface area contributed by atoms with Crippen LogP contribution in [0.4, 0.5) is 23.2 Å². The van der Waals surface area contributed by atoms with E-state index < -0.39 is 46.6 Å². The maximum absolute atomic E-state index is 15.5. The maximum atomic E-state index is 15.5. The van der Waals surface area contributed by atoms with E-state index in [2.05, 4.69) is 15.0 Å². The van der Waals surface area contributed by atoms with E-state index in [0.29, 0.717) is 0 Å². The zero-order valence-electron chi connectivity index (χ0n) is 25.7. The second-order valence-electron chi connectivity index (χ2n) is 11.0. The van der Waals surface area contributed by atoms with Gasteiger partial charge in [-0.25, -0.2) is 8.78 Å². The molecule has 0 radical (unpaired) electrons. The molecule has 4 aromatic rings. The number of hydrogen-bond donors (Lipinski definition) is 2. The summed E-state index contributed by atoms with van der Waals surface area (Å²) in [5.74, 6) is -3.38. The Kier molecular flexibility index (Phi) is 9.95. The van der Waals surface area contributed by atoms with Crippen molar-refractivity contribution >= 4 is 11.6 Å². The number of nitrogens with one attached hydrogen (secondary N) is 1. The number of carbonyl (C=O) groups excluding carboxylic acids is 1. The molecule has 0 saturated carbocycles. The molecule has 0 saturated heterocycles. The highest BCUT2D eigenvalue weighted by Gasteiger charge is 2.29. The summed E-state index contributed by atoms with van der Waals surface area (Å²) < 4.78 is 78.8. The number of nitrogens with zero attached hydrogens (tertiary/aromatic N) is 3. The predicted octanol–water partition coefficient (Wildman–Crippen LogP) is 5.32. The average molecular weight is 649 g/mol. The maximum Gasteiger partial charge on any atom is 0.387 e. The summed E-state index contributed by atoms with van der Waals surface area (Å²) in [7, 11) is 2.54. The van der Waals surface area contributed by atoms with Gasteiger partial charge in [-0.2, -0.15) is 18.4 Å². The highest BCUT2D eigenvalue weighted by atomic mass is 19.3. The molecule has 11 nitrogen and oxygen atoms in total. The van der Waals surface area contributed by atoms with E-state index in [1.807, 2.05) is 0 Å². The molecule has 2 aromatic carbocycles. The number of rotatable bonds is 12. The number of ether oxygens (including phenoxy) is 4. The van der Waals surface area contributed by atoms with E-state index in [1.54, 1.807) is 13.8 Å². The Hall–Kier alpha value is -5.05. The quantitative estimate of drug-likeness (QED) is 0.198. The Balaban J connectivity index is 1.91. The number of alkyl halides is 2. The number of methoxy groups -OCH3 is 1. The minimum Gasteiger partial charge on any atom is -0.497 e. The van der Waals surface area contributed by atoms with Gasteiger partial charge in [0.15, 0.2) is 5.82 Å². The van der Waals surface area contributed by atoms with E-state index in [4.69, 9.17) is 14.2 Å². The lowest BCUT2D eigenvalue weighted by Crippen LogP contribution is -2.28. The van der Waals surface area contributed by atoms with Gasteiger partial charge in [-0.1, -0.05) is 0 Å². The van der Waals surface area contributed by atoms with Gasteiger partial charge in [-0.05, 0) is 52.0 Å². The SMILES string of the molecule is COc1cc(F)c(-c2c(NC(=O)c3ccc(OC(F)F)cc3)c(=O)n(-c3cc(OC(C)C)cc(OCC(C)(C)O)n3)n2C)c(F)c1. The van der Waals surface area contributed by atoms with Gasteiger partial charge in [0.1, 0.15) is 46.9 Å². The van der Waals surface area contributed by atoms with E-state index in [-0.39, 0.29) is 52.9 Å². The fourth-order valence-corrected chi connectivity index (χ4v) is 4.37. The number of benzene rings is 2. The second kappa shape index (κ2) is 13.5. The third-order valence-electron chi connectivity index (χ3n) is 6.26. The molecule has 0 bridgehead atoms. The van der Waals surface area contributed by atoms with E-state index in [0.717, 1.165) is 33.6 Å². The van der Waals surface area contributed by atoms with Gasteiger partial charge in [0.05, 0.1) is 24.4 Å². The van der Waals surface area contributed by atoms with Crippen molar-refractivity contribution in [1.82, 2.24) is 14.3 Å². The van der Waals surface area contributed by atoms with Gasteiger partial charge in [0.2, 0.25) is 5.88 Å². The molecule has 4 rings (SSSR count). The minimum absolute atomic E-state index is 0.0385. The molecule has 0 aliphatic heterocycles. The Morgan fingerprint density at radius 2 is 1.63 bits per heavy atom. The molecular formula is C31H32F4N4O7. The van der Waals surface area contributed by atoms with E-state index in [9.17, 15) is 23.5 Å². The van der Waals surface area contributed by atoms with Crippen molar-refractivity contribution in [2.45, 2.75) is 46.0 Å². The van der Waals surface area contributed by atoms with Gasteiger partial charge in [0.25, 0.3) is 11.5 Å². The van der Waals surface area contributed by atoms with Crippen molar-refractivity contribution in [1.29, 1.82) is 0 Å². The Labute approximate surface area is 260 Å². The molecule has 0 spiro atoms. The predicted molar refractivity (Wildman–Crippen MR) is 159 cm³/mol. The largest absolute Gasteiger partial charge is 0.497 e. The molecule has 0 fully saturated rings. The number of aliphatic hydroxyl groups is 1. The normalized spacial score (nSPS) is 11.6. The summed E-state index contributed by atoms with van der Waals surface area (Å²) in [6.45, 7) is 3.30. The smallest absolute Gasteiger partial charge is 0.387 e. The van der Waals surface area contributed by atoms with Crippen LogP contribution in [0.3, 0.4) is 0 Å². The van der Waals surface area contributed by atoms with Crippen LogP contribution in [0.25, 0.3) is 17.1 Å². The molecule has 46 heavy (non-hydrogen) atoms. The number of amides is 1. The Bertz CT molecular complexity index is 1760. The summed E-state index contributed by atoms with van der Waals surface area (Å²) >= 11 is 0. The van der Waals surface area contributed by atoms with Crippen LogP contribution in [0.15, 0.2) is 53.3 Å². The second-order valence-corrected chi connectivity index (χ2v) is 11.0. The van der Waals surface area contributed by atoms with Crippen LogP contribution >= 0.6 is 0 Å². The van der Waals surface area contributed by atoms with Crippen molar-refractivity contribution in [2.75, 3.05) is 19.0 Å². The lowest BCUT2D eigenvalue weighted by molar-refractivity contribution is -0.0498. The van der Waals surface area contributed by atoms with Crippen molar-refractivity contribution in [3.05, 3.63) is 76.1 Å². The van der Waals surface area contributed by atoms with Crippen molar-refractivity contribution < 1.29 is 46.4 Å². The van der Waals surface area contributed by atoms with E-state index in [1.165, 1.54) is 52.3 Å². The van der Waals surface area contributed by atoms with Gasteiger partial charge >= 0.3 is 6.61 Å². The zero-order chi connectivity index (χ0) is 33.9. The highest BCUT2D eigenvalue weighted by Crippen LogP contribution is 2.35. The molecule has 2 N–H and O–H groups in total. The van der Waals surface area contributed by atoms with Gasteiger partial charge in [-0.15, -0.1) is 0 Å². The van der Waals surface area contributed by atoms with Crippen LogP contribution in [-0.2, 0) is 7.05 Å². The first kappa shape index (κ1) is 33.8. The van der Waals surface area contributed by atoms with Crippen LogP contribution in [0.1, 0.15) is 38.1 Å². The summed E-state index contributed by atoms with van der Waals surface area (Å²) in [5, 5.41) is 12.6. The number of aromatic nitrogens is 3. The summed E-state index contributed by atoms with van der Waals surface area (Å²) in [6.07, 6.45) is -0.312. The van der Waals surface area contributed by atoms with Crippen molar-refractivity contribution in [3.63, 3.8) is 0 Å². The topological polar surface area (TPSA) is 126 Å². The number of carbonyl (C=O) groups is 1. The lowest BCUT2D eigenvalue weighted by Gasteiger charge is -2.19. The fraction of sp³-hybridized carbons (Fsp3) is 0.323. The fourth-order valence-electron chi connectivity index (χ4n) is 4.37. The molecule has 0 atom stereocenters. The molecule has 15 heteroatoms. The average Bonchev–Trinajstić information content (AvgIpc) is 3.19. The van der Waals surface area contributed by atoms with Crippen LogP contribution < -0.4 is 29.8 Å². The minimum atomic E-state index is -3.08. The van der Waals surface area contributed by atoms with Crippen LogP contribution in [0, 0.1) is 11.6 Å². The number of hydrogen-bond acceptors (Lipinski definition) is 8. The molecular weight excluding hydrogens is 616 g/mol. The van der Waals surface area contributed by atoms with Gasteiger partial charge in [-0.3, -0.25) is 14.3 Å². The number of halogens is 4. The highest BCUT2D eigenvalue weighted by molar-refractivity contribution is 6.06. The van der Waals surface area contributed by atoms with Crippen molar-refractivity contribution in [3.8, 4) is 40.2 Å². The number of pyridine rings is 1. The van der Waals surface area contributed by atoms with Crippen LogP contribution in [-0.4, -0.2) is 57.4 Å². The third-order valence-corrected chi connectivity index (χ3v) is 6.26. The first-order valence-electron chi connectivity index (χ1n) is 13.8. The molecule has 2 heterocycles. The first-order chi connectivity index (χ1) is 21.6. The molecule has 0 aliphatic rings. The summed E-state index contributed by atoms with van der Waals surface area (Å²) in [6, 6.07) is 9.22. The first-order valence-corrected chi connectivity index (χ1v) is 13.8. The van der Waals surface area contributed by atoms with Gasteiger partial charge in [0, 0.05) is 36.9 Å². The number of anilines is 1. The monoisotopic (exact) mass is 648 g/mol. The standard InChI is InChI=1S/C31H32F4N4O7/c1-16(2)45-20-13-23(36-24(14-20)44-15-31(3,4)42)39-29(41)26(37-28(40)17-7-9-18(10-8-17)46-30(34)35)27(38(39)5)25-21(32)11-19(43-6)12-22(25)33/h7-14,16,30,42H,15H2,1-6H3,(H,37,40). The molecule has 0 aliphatic carbocycles. The molecule has 2 aromatic heterocycles. The van der Waals surface area contributed by atoms with Gasteiger partial charge < -0.3 is 29.4 Å². The molecule has 0 unspecified atom stereocenters. The van der Waals surface area contributed by atoms with E-state index >= 15 is 8.78 Å². The summed E-state index contributed by atoms with van der Waals surface area (Å²) in [5.41, 5.74) is -3.82. The van der Waals surface area contributed by atoms with Crippen molar-refractivity contribution in [2.24, 2.45) is 7.05 Å². The molecule has 1 amide bonds. The third kappa shape index (κ3) is 7.77. The molecule has 246 valence electrons. The zero-order valence-corrected chi connectivity index (χ0v) is 25.7. The lowest BCUT2D eigenvalue weighted by atomic mass is 10.1. The van der Waals surface area contributed by atoms with Crippen LogP contribution in [0.5, 0.6) is 23.1 Å². The van der Waals surface area contributed by atoms with Crippen LogP contribution in [0.2, 0.25) is 0 Å². The summed E-state index contributed by atoms with van der Waals surface area (Å²) in [4.78, 5) is 31.7. The Morgan fingerprint density at radius 1 is 1.00 bits per heavy atom.